The Hall–Kier alpha value is -2.44. The quantitative estimate of drug-likeness (QED) is 0.844. The van der Waals surface area contributed by atoms with Crippen molar-refractivity contribution in [3.05, 3.63) is 30.4 Å². The average Bonchev–Trinajstić information content (AvgIpc) is 2.77. The summed E-state index contributed by atoms with van der Waals surface area (Å²) in [7, 11) is 0. The molecule has 0 aromatic carbocycles. The van der Waals surface area contributed by atoms with Crippen molar-refractivity contribution in [3.8, 4) is 0 Å². The van der Waals surface area contributed by atoms with Gasteiger partial charge in [-0.1, -0.05) is 0 Å². The van der Waals surface area contributed by atoms with Crippen molar-refractivity contribution in [1.82, 2.24) is 19.7 Å². The fraction of sp³-hybridized carbons (Fsp3) is 0.273. The number of nitrogens with two attached hydrogens (primary N) is 1. The summed E-state index contributed by atoms with van der Waals surface area (Å²) < 4.78 is 1.70. The summed E-state index contributed by atoms with van der Waals surface area (Å²) in [5, 5.41) is 6.83. The predicted octanol–water partition coefficient (Wildman–Crippen LogP) is 1.09. The molecule has 0 atom stereocenters. The first-order valence-electron chi connectivity index (χ1n) is 5.51. The molecule has 7 heteroatoms. The molecule has 3 N–H and O–H groups in total. The third kappa shape index (κ3) is 2.29. The van der Waals surface area contributed by atoms with Crippen LogP contribution in [-0.2, 0) is 0 Å². The molecule has 0 unspecified atom stereocenters. The van der Waals surface area contributed by atoms with Gasteiger partial charge in [-0.3, -0.25) is 4.79 Å². The van der Waals surface area contributed by atoms with Crippen molar-refractivity contribution in [3.63, 3.8) is 0 Å². The molecule has 0 spiro atoms. The Morgan fingerprint density at radius 1 is 1.33 bits per heavy atom. The van der Waals surface area contributed by atoms with Crippen molar-refractivity contribution in [2.75, 3.05) is 11.1 Å². The summed E-state index contributed by atoms with van der Waals surface area (Å²) in [6.07, 6.45) is 4.48. The van der Waals surface area contributed by atoms with Crippen LogP contribution in [-0.4, -0.2) is 25.7 Å². The summed E-state index contributed by atoms with van der Waals surface area (Å²) in [6.45, 7) is 3.94. The Labute approximate surface area is 104 Å². The van der Waals surface area contributed by atoms with E-state index in [1.807, 2.05) is 13.8 Å². The van der Waals surface area contributed by atoms with Gasteiger partial charge in [0.15, 0.2) is 11.5 Å². The molecule has 0 saturated heterocycles. The first kappa shape index (κ1) is 12.0. The molecule has 0 saturated carbocycles. The summed E-state index contributed by atoms with van der Waals surface area (Å²) in [6, 6.07) is 1.86. The van der Waals surface area contributed by atoms with Crippen LogP contribution in [0.2, 0.25) is 0 Å². The normalized spacial score (nSPS) is 10.6. The maximum atomic E-state index is 12.0. The molecule has 0 radical (unpaired) electrons. The Morgan fingerprint density at radius 3 is 2.72 bits per heavy atom. The second-order valence-corrected chi connectivity index (χ2v) is 4.00. The van der Waals surface area contributed by atoms with Crippen LogP contribution in [0.1, 0.15) is 30.4 Å². The number of nitrogens with one attached hydrogen (secondary N) is 1. The second-order valence-electron chi connectivity index (χ2n) is 4.00. The number of anilines is 2. The van der Waals surface area contributed by atoms with E-state index < -0.39 is 5.91 Å². The van der Waals surface area contributed by atoms with Crippen LogP contribution in [0.3, 0.4) is 0 Å². The number of carbonyl (C=O) groups excluding carboxylic acids is 1. The van der Waals surface area contributed by atoms with E-state index in [9.17, 15) is 4.79 Å². The van der Waals surface area contributed by atoms with Gasteiger partial charge in [-0.2, -0.15) is 5.10 Å². The Kier molecular flexibility index (Phi) is 3.22. The second kappa shape index (κ2) is 4.82. The van der Waals surface area contributed by atoms with Crippen LogP contribution in [0, 0.1) is 0 Å². The smallest absolute Gasteiger partial charge is 0.279 e. The minimum Gasteiger partial charge on any atom is -0.382 e. The van der Waals surface area contributed by atoms with E-state index >= 15 is 0 Å². The van der Waals surface area contributed by atoms with Gasteiger partial charge in [-0.15, -0.1) is 0 Å². The summed E-state index contributed by atoms with van der Waals surface area (Å²) in [4.78, 5) is 19.7. The predicted molar refractivity (Wildman–Crippen MR) is 67.0 cm³/mol. The number of amides is 1. The molecule has 0 aliphatic rings. The van der Waals surface area contributed by atoms with Crippen LogP contribution in [0.5, 0.6) is 0 Å². The minimum atomic E-state index is -0.400. The highest BCUT2D eigenvalue weighted by atomic mass is 16.2. The van der Waals surface area contributed by atoms with Gasteiger partial charge in [-0.05, 0) is 13.8 Å². The maximum Gasteiger partial charge on any atom is 0.279 e. The van der Waals surface area contributed by atoms with Crippen LogP contribution >= 0.6 is 0 Å². The molecule has 0 aliphatic carbocycles. The van der Waals surface area contributed by atoms with Crippen molar-refractivity contribution in [2.24, 2.45) is 0 Å². The molecule has 2 aromatic rings. The SMILES string of the molecule is CC(C)n1nccc1NC(=O)c1nccnc1N. The topological polar surface area (TPSA) is 98.7 Å². The fourth-order valence-corrected chi connectivity index (χ4v) is 1.52. The first-order chi connectivity index (χ1) is 8.59. The van der Waals surface area contributed by atoms with Gasteiger partial charge < -0.3 is 11.1 Å². The highest BCUT2D eigenvalue weighted by Gasteiger charge is 2.15. The molecule has 2 heterocycles. The Bertz CT molecular complexity index is 562. The molecule has 0 fully saturated rings. The number of nitrogen functional groups attached to an aromatic ring is 1. The van der Waals surface area contributed by atoms with Gasteiger partial charge in [0.1, 0.15) is 5.82 Å². The lowest BCUT2D eigenvalue weighted by Gasteiger charge is -2.11. The molecule has 2 aromatic heterocycles. The van der Waals surface area contributed by atoms with Gasteiger partial charge >= 0.3 is 0 Å². The summed E-state index contributed by atoms with van der Waals surface area (Å²) in [5.41, 5.74) is 5.70. The minimum absolute atomic E-state index is 0.102. The van der Waals surface area contributed by atoms with Gasteiger partial charge in [0.2, 0.25) is 0 Å². The van der Waals surface area contributed by atoms with Crippen LogP contribution in [0.15, 0.2) is 24.7 Å². The van der Waals surface area contributed by atoms with E-state index in [-0.39, 0.29) is 17.6 Å². The number of nitrogens with zero attached hydrogens (tertiary/aromatic N) is 4. The first-order valence-corrected chi connectivity index (χ1v) is 5.51. The monoisotopic (exact) mass is 246 g/mol. The molecule has 18 heavy (non-hydrogen) atoms. The number of hydrogen-bond acceptors (Lipinski definition) is 5. The average molecular weight is 246 g/mol. The zero-order valence-electron chi connectivity index (χ0n) is 10.2. The van der Waals surface area contributed by atoms with Crippen molar-refractivity contribution < 1.29 is 4.79 Å². The van der Waals surface area contributed by atoms with E-state index in [0.717, 1.165) is 0 Å². The largest absolute Gasteiger partial charge is 0.382 e. The number of rotatable bonds is 3. The van der Waals surface area contributed by atoms with Crippen molar-refractivity contribution >= 4 is 17.5 Å². The molecule has 94 valence electrons. The number of carbonyl (C=O) groups is 1. The summed E-state index contributed by atoms with van der Waals surface area (Å²) in [5.74, 6) is 0.300. The van der Waals surface area contributed by atoms with E-state index in [1.54, 1.807) is 16.9 Å². The summed E-state index contributed by atoms with van der Waals surface area (Å²) >= 11 is 0. The lowest BCUT2D eigenvalue weighted by Crippen LogP contribution is -2.19. The third-order valence-corrected chi connectivity index (χ3v) is 2.34. The maximum absolute atomic E-state index is 12.0. The van der Waals surface area contributed by atoms with E-state index in [4.69, 9.17) is 5.73 Å². The number of aromatic nitrogens is 4. The zero-order chi connectivity index (χ0) is 13.1. The standard InChI is InChI=1S/C11H14N6O/c1-7(2)17-8(3-4-15-17)16-11(18)9-10(12)14-6-5-13-9/h3-7H,1-2H3,(H2,12,14)(H,16,18). The van der Waals surface area contributed by atoms with E-state index in [1.165, 1.54) is 12.4 Å². The highest BCUT2D eigenvalue weighted by Crippen LogP contribution is 2.14. The lowest BCUT2D eigenvalue weighted by molar-refractivity contribution is 0.102. The lowest BCUT2D eigenvalue weighted by atomic mass is 10.3. The van der Waals surface area contributed by atoms with Crippen LogP contribution < -0.4 is 11.1 Å². The number of hydrogen-bond donors (Lipinski definition) is 2. The molecule has 0 bridgehead atoms. The van der Waals surface area contributed by atoms with Gasteiger partial charge in [-0.25, -0.2) is 14.6 Å². The van der Waals surface area contributed by atoms with E-state index in [0.29, 0.717) is 5.82 Å². The van der Waals surface area contributed by atoms with Gasteiger partial charge in [0, 0.05) is 24.5 Å². The van der Waals surface area contributed by atoms with Gasteiger partial charge in [0.25, 0.3) is 5.91 Å². The fourth-order valence-electron chi connectivity index (χ4n) is 1.52. The zero-order valence-corrected chi connectivity index (χ0v) is 10.2. The molecule has 0 aliphatic heterocycles. The van der Waals surface area contributed by atoms with Crippen LogP contribution in [0.4, 0.5) is 11.6 Å². The molecule has 1 amide bonds. The van der Waals surface area contributed by atoms with Gasteiger partial charge in [0.05, 0.1) is 6.20 Å². The molecule has 2 rings (SSSR count). The van der Waals surface area contributed by atoms with E-state index in [2.05, 4.69) is 20.4 Å². The van der Waals surface area contributed by atoms with Crippen LogP contribution in [0.25, 0.3) is 0 Å². The van der Waals surface area contributed by atoms with Crippen molar-refractivity contribution in [2.45, 2.75) is 19.9 Å². The molecular formula is C11H14N6O. The molecular weight excluding hydrogens is 232 g/mol. The highest BCUT2D eigenvalue weighted by molar-refractivity contribution is 6.05. The molecule has 7 nitrogen and oxygen atoms in total. The van der Waals surface area contributed by atoms with Crippen molar-refractivity contribution in [1.29, 1.82) is 0 Å². The Morgan fingerprint density at radius 2 is 2.06 bits per heavy atom. The third-order valence-electron chi connectivity index (χ3n) is 2.34. The Balaban J connectivity index is 2.22.